The monoisotopic (exact) mass is 225 g/mol. The summed E-state index contributed by atoms with van der Waals surface area (Å²) < 4.78 is 0. The van der Waals surface area contributed by atoms with Crippen molar-refractivity contribution >= 4 is 0 Å². The van der Waals surface area contributed by atoms with Crippen molar-refractivity contribution in [3.05, 3.63) is 12.2 Å². The lowest BCUT2D eigenvalue weighted by Gasteiger charge is -2.25. The summed E-state index contributed by atoms with van der Waals surface area (Å²) in [5, 5.41) is 0. The van der Waals surface area contributed by atoms with E-state index in [1.807, 2.05) is 0 Å². The summed E-state index contributed by atoms with van der Waals surface area (Å²) in [6, 6.07) is 0. The lowest BCUT2D eigenvalue weighted by Crippen LogP contribution is -2.23. The van der Waals surface area contributed by atoms with Crippen molar-refractivity contribution in [1.29, 1.82) is 0 Å². The van der Waals surface area contributed by atoms with Crippen molar-refractivity contribution in [3.8, 4) is 0 Å². The molecule has 2 unspecified atom stereocenters. The lowest BCUT2D eigenvalue weighted by molar-refractivity contribution is 0.284. The molecule has 0 radical (unpaired) electrons. The first kappa shape index (κ1) is 15.7. The third-order valence-corrected chi connectivity index (χ3v) is 3.66. The predicted molar refractivity (Wildman–Crippen MR) is 74.7 cm³/mol. The molecule has 2 atom stereocenters. The zero-order chi connectivity index (χ0) is 12.7. The molecule has 0 rings (SSSR count). The van der Waals surface area contributed by atoms with Gasteiger partial charge in [-0.05, 0) is 44.2 Å². The molecule has 0 fully saturated rings. The highest BCUT2D eigenvalue weighted by atomic mass is 15.1. The Morgan fingerprint density at radius 2 is 1.75 bits per heavy atom. The third-order valence-electron chi connectivity index (χ3n) is 3.66. The van der Waals surface area contributed by atoms with Crippen LogP contribution in [-0.2, 0) is 0 Å². The predicted octanol–water partition coefficient (Wildman–Crippen LogP) is 4.20. The fourth-order valence-corrected chi connectivity index (χ4v) is 2.21. The van der Waals surface area contributed by atoms with E-state index in [-0.39, 0.29) is 0 Å². The summed E-state index contributed by atoms with van der Waals surface area (Å²) in [5.74, 6) is 2.31. The van der Waals surface area contributed by atoms with Gasteiger partial charge in [0.2, 0.25) is 0 Å². The lowest BCUT2D eigenvalue weighted by atomic mass is 9.82. The van der Waals surface area contributed by atoms with E-state index >= 15 is 0 Å². The highest BCUT2D eigenvalue weighted by Gasteiger charge is 2.16. The first-order chi connectivity index (χ1) is 7.38. The van der Waals surface area contributed by atoms with E-state index in [1.165, 1.54) is 25.0 Å². The topological polar surface area (TPSA) is 3.24 Å². The number of hydrogen-bond acceptors (Lipinski definition) is 1. The van der Waals surface area contributed by atoms with Crippen LogP contribution in [0, 0.1) is 17.8 Å². The molecule has 0 aromatic rings. The Morgan fingerprint density at radius 1 is 1.19 bits per heavy atom. The van der Waals surface area contributed by atoms with Gasteiger partial charge < -0.3 is 4.90 Å². The van der Waals surface area contributed by atoms with Crippen LogP contribution in [0.25, 0.3) is 0 Å². The van der Waals surface area contributed by atoms with Crippen molar-refractivity contribution in [2.75, 3.05) is 20.1 Å². The van der Waals surface area contributed by atoms with Gasteiger partial charge in [0, 0.05) is 6.54 Å². The fourth-order valence-electron chi connectivity index (χ4n) is 2.21. The van der Waals surface area contributed by atoms with E-state index in [0.29, 0.717) is 0 Å². The number of hydrogen-bond donors (Lipinski definition) is 0. The molecule has 1 nitrogen and oxygen atoms in total. The van der Waals surface area contributed by atoms with Crippen LogP contribution in [-0.4, -0.2) is 25.0 Å². The molecular weight excluding hydrogens is 194 g/mol. The summed E-state index contributed by atoms with van der Waals surface area (Å²) in [7, 11) is 2.19. The average Bonchev–Trinajstić information content (AvgIpc) is 2.16. The van der Waals surface area contributed by atoms with Crippen LogP contribution in [0.15, 0.2) is 12.2 Å². The first-order valence-corrected chi connectivity index (χ1v) is 6.73. The third kappa shape index (κ3) is 6.32. The second-order valence-corrected chi connectivity index (χ2v) is 5.77. The Balaban J connectivity index is 3.95. The minimum atomic E-state index is 0.752. The average molecular weight is 225 g/mol. The van der Waals surface area contributed by atoms with Gasteiger partial charge in [-0.2, -0.15) is 0 Å². The molecule has 16 heavy (non-hydrogen) atoms. The molecule has 0 spiro atoms. The molecule has 0 heterocycles. The number of likely N-dealkylation sites (N-methyl/N-ethyl adjacent to an activating group) is 1. The van der Waals surface area contributed by atoms with Crippen molar-refractivity contribution in [3.63, 3.8) is 0 Å². The number of nitrogens with zero attached hydrogens (tertiary/aromatic N) is 1. The first-order valence-electron chi connectivity index (χ1n) is 6.73. The van der Waals surface area contributed by atoms with Gasteiger partial charge in [-0.3, -0.25) is 0 Å². The maximum atomic E-state index is 4.22. The van der Waals surface area contributed by atoms with Crippen LogP contribution in [0.4, 0.5) is 0 Å². The molecule has 1 heteroatoms. The quantitative estimate of drug-likeness (QED) is 0.560. The molecule has 0 amide bonds. The van der Waals surface area contributed by atoms with Crippen LogP contribution >= 0.6 is 0 Å². The normalized spacial score (nSPS) is 15.5. The van der Waals surface area contributed by atoms with Crippen LogP contribution < -0.4 is 0 Å². The van der Waals surface area contributed by atoms with E-state index in [4.69, 9.17) is 0 Å². The fraction of sp³-hybridized carbons (Fsp3) is 0.867. The molecule has 0 aromatic carbocycles. The molecule has 0 N–H and O–H groups in total. The van der Waals surface area contributed by atoms with Crippen molar-refractivity contribution in [2.24, 2.45) is 17.8 Å². The van der Waals surface area contributed by atoms with E-state index in [2.05, 4.69) is 53.1 Å². The zero-order valence-corrected chi connectivity index (χ0v) is 12.2. The Labute approximate surface area is 103 Å². The van der Waals surface area contributed by atoms with Gasteiger partial charge in [-0.15, -0.1) is 0 Å². The molecule has 0 aromatic heterocycles. The molecular formula is C15H31N. The molecule has 96 valence electrons. The Kier molecular flexibility index (Phi) is 7.74. The minimum Gasteiger partial charge on any atom is -0.302 e. The molecule has 0 aliphatic heterocycles. The van der Waals surface area contributed by atoms with Crippen molar-refractivity contribution in [1.82, 2.24) is 4.90 Å². The highest BCUT2D eigenvalue weighted by molar-refractivity contribution is 4.98. The summed E-state index contributed by atoms with van der Waals surface area (Å²) in [6.07, 6.45) is 2.40. The van der Waals surface area contributed by atoms with Crippen LogP contribution in [0.1, 0.15) is 47.5 Å². The largest absolute Gasteiger partial charge is 0.302 e. The maximum absolute atomic E-state index is 4.22. The van der Waals surface area contributed by atoms with Crippen molar-refractivity contribution < 1.29 is 0 Å². The number of rotatable bonds is 8. The van der Waals surface area contributed by atoms with Crippen LogP contribution in [0.3, 0.4) is 0 Å². The van der Waals surface area contributed by atoms with Crippen LogP contribution in [0.2, 0.25) is 0 Å². The molecule has 0 saturated heterocycles. The van der Waals surface area contributed by atoms with Gasteiger partial charge in [0.25, 0.3) is 0 Å². The molecule has 0 aliphatic rings. The summed E-state index contributed by atoms with van der Waals surface area (Å²) in [6.45, 7) is 18.0. The van der Waals surface area contributed by atoms with E-state index < -0.39 is 0 Å². The van der Waals surface area contributed by atoms with Gasteiger partial charge in [0.05, 0.1) is 0 Å². The smallest absolute Gasteiger partial charge is 0.0187 e. The van der Waals surface area contributed by atoms with E-state index in [1.54, 1.807) is 0 Å². The summed E-state index contributed by atoms with van der Waals surface area (Å²) in [5.41, 5.74) is 1.39. The van der Waals surface area contributed by atoms with E-state index in [0.717, 1.165) is 24.3 Å². The van der Waals surface area contributed by atoms with Gasteiger partial charge >= 0.3 is 0 Å². The highest BCUT2D eigenvalue weighted by Crippen LogP contribution is 2.25. The minimum absolute atomic E-state index is 0.752. The van der Waals surface area contributed by atoms with Gasteiger partial charge in [-0.25, -0.2) is 0 Å². The zero-order valence-electron chi connectivity index (χ0n) is 12.2. The van der Waals surface area contributed by atoms with Crippen molar-refractivity contribution in [2.45, 2.75) is 47.5 Å². The Hall–Kier alpha value is -0.300. The Morgan fingerprint density at radius 3 is 2.19 bits per heavy atom. The second-order valence-electron chi connectivity index (χ2n) is 5.77. The molecule has 0 saturated carbocycles. The second kappa shape index (κ2) is 7.89. The maximum Gasteiger partial charge on any atom is 0.0187 e. The molecule has 0 bridgehead atoms. The van der Waals surface area contributed by atoms with Gasteiger partial charge in [0.15, 0.2) is 0 Å². The molecule has 0 aliphatic carbocycles. The summed E-state index contributed by atoms with van der Waals surface area (Å²) in [4.78, 5) is 2.37. The summed E-state index contributed by atoms with van der Waals surface area (Å²) >= 11 is 0. The SMILES string of the molecule is C=C(CC(C)C(C)C(C)C)CN(C)CCC. The van der Waals surface area contributed by atoms with Crippen LogP contribution in [0.5, 0.6) is 0 Å². The van der Waals surface area contributed by atoms with Gasteiger partial charge in [0.1, 0.15) is 0 Å². The Bertz CT molecular complexity index is 196. The van der Waals surface area contributed by atoms with Gasteiger partial charge in [-0.1, -0.05) is 46.8 Å². The standard InChI is InChI=1S/C15H31N/c1-8-9-16(7)11-13(4)10-14(5)15(6)12(2)3/h12,14-15H,4,8-11H2,1-3,5-7H3. The van der Waals surface area contributed by atoms with E-state index in [9.17, 15) is 0 Å².